The molecule has 2 N–H and O–H groups in total. The summed E-state index contributed by atoms with van der Waals surface area (Å²) in [5.74, 6) is -2.26. The largest absolute Gasteiger partial charge is 0.504 e. The molecule has 0 aliphatic carbocycles. The van der Waals surface area contributed by atoms with E-state index < -0.39 is 17.4 Å². The van der Waals surface area contributed by atoms with E-state index in [2.05, 4.69) is 10.4 Å². The van der Waals surface area contributed by atoms with E-state index in [0.29, 0.717) is 10.8 Å². The molecule has 4 aromatic rings. The van der Waals surface area contributed by atoms with Crippen LogP contribution in [0.4, 0.5) is 8.78 Å². The summed E-state index contributed by atoms with van der Waals surface area (Å²) < 4.78 is 32.8. The SMILES string of the molecule is Cn1cc2cc(-c3cc4ccn(C5CCNCC5)c(=O)c4cc3F)c(O)c(F)c2n1. The highest BCUT2D eigenvalue weighted by molar-refractivity contribution is 5.92. The summed E-state index contributed by atoms with van der Waals surface area (Å²) in [6.45, 7) is 1.67. The zero-order chi connectivity index (χ0) is 21.0. The van der Waals surface area contributed by atoms with E-state index in [-0.39, 0.29) is 33.6 Å². The molecule has 0 radical (unpaired) electrons. The second-order valence-corrected chi connectivity index (χ2v) is 7.76. The first kappa shape index (κ1) is 18.7. The predicted molar refractivity (Wildman–Crippen MR) is 111 cm³/mol. The van der Waals surface area contributed by atoms with Crippen molar-refractivity contribution in [3.05, 3.63) is 58.6 Å². The van der Waals surface area contributed by atoms with Gasteiger partial charge in [-0.1, -0.05) is 0 Å². The zero-order valence-electron chi connectivity index (χ0n) is 16.3. The number of phenolic OH excluding ortho intramolecular Hbond substituents is 1. The van der Waals surface area contributed by atoms with Crippen molar-refractivity contribution < 1.29 is 13.9 Å². The first-order valence-electron chi connectivity index (χ1n) is 9.84. The van der Waals surface area contributed by atoms with E-state index in [1.54, 1.807) is 30.1 Å². The smallest absolute Gasteiger partial charge is 0.258 e. The number of pyridine rings is 1. The number of hydrogen-bond donors (Lipinski definition) is 2. The molecule has 5 rings (SSSR count). The van der Waals surface area contributed by atoms with E-state index in [9.17, 15) is 14.3 Å². The number of aromatic nitrogens is 3. The second kappa shape index (κ2) is 6.91. The summed E-state index contributed by atoms with van der Waals surface area (Å²) in [4.78, 5) is 13.0. The third-order valence-electron chi connectivity index (χ3n) is 5.84. The fraction of sp³-hybridized carbons (Fsp3) is 0.273. The van der Waals surface area contributed by atoms with Gasteiger partial charge in [0, 0.05) is 42.0 Å². The monoisotopic (exact) mass is 410 g/mol. The highest BCUT2D eigenvalue weighted by atomic mass is 19.1. The lowest BCUT2D eigenvalue weighted by Crippen LogP contribution is -2.34. The maximum Gasteiger partial charge on any atom is 0.258 e. The number of fused-ring (bicyclic) bond motifs is 2. The molecule has 0 saturated carbocycles. The van der Waals surface area contributed by atoms with Crippen molar-refractivity contribution in [1.29, 1.82) is 0 Å². The summed E-state index contributed by atoms with van der Waals surface area (Å²) in [6, 6.07) is 6.00. The van der Waals surface area contributed by atoms with Gasteiger partial charge in [0.2, 0.25) is 0 Å². The summed E-state index contributed by atoms with van der Waals surface area (Å²) in [6.07, 6.45) is 5.00. The van der Waals surface area contributed by atoms with Crippen LogP contribution in [0.15, 0.2) is 41.5 Å². The predicted octanol–water partition coefficient (Wildman–Crippen LogP) is 3.46. The van der Waals surface area contributed by atoms with Gasteiger partial charge in [-0.15, -0.1) is 0 Å². The van der Waals surface area contributed by atoms with Crippen LogP contribution < -0.4 is 10.9 Å². The number of rotatable bonds is 2. The molecule has 3 heterocycles. The lowest BCUT2D eigenvalue weighted by atomic mass is 9.98. The molecule has 2 aromatic heterocycles. The van der Waals surface area contributed by atoms with Gasteiger partial charge in [0.05, 0.1) is 5.39 Å². The second-order valence-electron chi connectivity index (χ2n) is 7.76. The van der Waals surface area contributed by atoms with Gasteiger partial charge >= 0.3 is 0 Å². The number of nitrogens with one attached hydrogen (secondary N) is 1. The third-order valence-corrected chi connectivity index (χ3v) is 5.84. The van der Waals surface area contributed by atoms with Crippen molar-refractivity contribution in [3.63, 3.8) is 0 Å². The average Bonchev–Trinajstić information content (AvgIpc) is 3.12. The van der Waals surface area contributed by atoms with Crippen molar-refractivity contribution in [3.8, 4) is 16.9 Å². The minimum atomic E-state index is -0.899. The van der Waals surface area contributed by atoms with Crippen LogP contribution in [0.25, 0.3) is 32.8 Å². The summed E-state index contributed by atoms with van der Waals surface area (Å²) in [5.41, 5.74) is -0.175. The molecule has 0 bridgehead atoms. The zero-order valence-corrected chi connectivity index (χ0v) is 16.3. The first-order chi connectivity index (χ1) is 14.4. The highest BCUT2D eigenvalue weighted by Crippen LogP contribution is 2.38. The molecule has 1 aliphatic rings. The Morgan fingerprint density at radius 2 is 1.87 bits per heavy atom. The number of benzene rings is 2. The lowest BCUT2D eigenvalue weighted by molar-refractivity contribution is 0.362. The van der Waals surface area contributed by atoms with E-state index in [4.69, 9.17) is 0 Å². The maximum absolute atomic E-state index is 15.1. The molecule has 0 amide bonds. The van der Waals surface area contributed by atoms with Crippen molar-refractivity contribution in [2.45, 2.75) is 18.9 Å². The van der Waals surface area contributed by atoms with Gasteiger partial charge in [0.25, 0.3) is 5.56 Å². The Balaban J connectivity index is 1.68. The maximum atomic E-state index is 15.1. The van der Waals surface area contributed by atoms with Gasteiger partial charge in [-0.2, -0.15) is 5.10 Å². The molecule has 8 heteroatoms. The van der Waals surface area contributed by atoms with E-state index in [1.807, 2.05) is 0 Å². The van der Waals surface area contributed by atoms with Gasteiger partial charge in [-0.05, 0) is 55.6 Å². The quantitative estimate of drug-likeness (QED) is 0.531. The Bertz CT molecular complexity index is 1350. The fourth-order valence-corrected chi connectivity index (χ4v) is 4.30. The molecule has 0 atom stereocenters. The molecular formula is C22H20F2N4O2. The molecule has 6 nitrogen and oxygen atoms in total. The number of aromatic hydroxyl groups is 1. The molecule has 0 spiro atoms. The molecule has 154 valence electrons. The van der Waals surface area contributed by atoms with Gasteiger partial charge in [0.1, 0.15) is 11.3 Å². The Kier molecular flexibility index (Phi) is 4.32. The van der Waals surface area contributed by atoms with Crippen LogP contribution in [-0.2, 0) is 7.05 Å². The average molecular weight is 410 g/mol. The molecule has 1 fully saturated rings. The van der Waals surface area contributed by atoms with Gasteiger partial charge in [-0.3, -0.25) is 9.48 Å². The number of hydrogen-bond acceptors (Lipinski definition) is 4. The first-order valence-corrected chi connectivity index (χ1v) is 9.84. The fourth-order valence-electron chi connectivity index (χ4n) is 4.30. The standard InChI is InChI=1S/C22H20F2N4O2/c1-27-11-13-9-17(21(29)19(24)20(13)26-27)16-8-12-4-7-28(14-2-5-25-6-3-14)22(30)15(12)10-18(16)23/h4,7-11,14,25,29H,2-3,5-6H2,1H3. The number of halogens is 2. The van der Waals surface area contributed by atoms with Crippen LogP contribution in [-0.4, -0.2) is 32.5 Å². The van der Waals surface area contributed by atoms with E-state index >= 15 is 4.39 Å². The molecule has 0 unspecified atom stereocenters. The molecule has 30 heavy (non-hydrogen) atoms. The van der Waals surface area contributed by atoms with Crippen LogP contribution in [0.2, 0.25) is 0 Å². The van der Waals surface area contributed by atoms with E-state index in [1.165, 1.54) is 22.9 Å². The van der Waals surface area contributed by atoms with Gasteiger partial charge in [0.15, 0.2) is 11.6 Å². The van der Waals surface area contributed by atoms with Gasteiger partial charge in [-0.25, -0.2) is 8.78 Å². The normalized spacial score (nSPS) is 15.3. The Morgan fingerprint density at radius 3 is 2.63 bits per heavy atom. The minimum absolute atomic E-state index is 0.0183. The number of aryl methyl sites for hydroxylation is 1. The van der Waals surface area contributed by atoms with E-state index in [0.717, 1.165) is 25.9 Å². The lowest BCUT2D eigenvalue weighted by Gasteiger charge is -2.25. The summed E-state index contributed by atoms with van der Waals surface area (Å²) in [5, 5.41) is 18.9. The molecular weight excluding hydrogens is 390 g/mol. The molecule has 1 saturated heterocycles. The Labute approximate surface area is 170 Å². The van der Waals surface area contributed by atoms with Crippen LogP contribution in [0, 0.1) is 11.6 Å². The van der Waals surface area contributed by atoms with Crippen molar-refractivity contribution in [2.75, 3.05) is 13.1 Å². The number of nitrogens with zero attached hydrogens (tertiary/aromatic N) is 3. The van der Waals surface area contributed by atoms with Gasteiger partial charge < -0.3 is 15.0 Å². The van der Waals surface area contributed by atoms with Crippen LogP contribution >= 0.6 is 0 Å². The Morgan fingerprint density at radius 1 is 1.13 bits per heavy atom. The van der Waals surface area contributed by atoms with Crippen molar-refractivity contribution in [1.82, 2.24) is 19.7 Å². The molecule has 1 aliphatic heterocycles. The highest BCUT2D eigenvalue weighted by Gasteiger charge is 2.21. The molecule has 2 aromatic carbocycles. The topological polar surface area (TPSA) is 72.1 Å². The summed E-state index contributed by atoms with van der Waals surface area (Å²) >= 11 is 0. The number of piperidine rings is 1. The Hall–Kier alpha value is -3.26. The van der Waals surface area contributed by atoms with Crippen LogP contribution in [0.3, 0.4) is 0 Å². The van der Waals surface area contributed by atoms with Crippen LogP contribution in [0.1, 0.15) is 18.9 Å². The minimum Gasteiger partial charge on any atom is -0.504 e. The van der Waals surface area contributed by atoms with Crippen LogP contribution in [0.5, 0.6) is 5.75 Å². The van der Waals surface area contributed by atoms with Crippen molar-refractivity contribution >= 4 is 21.7 Å². The number of phenols is 1. The third kappa shape index (κ3) is 2.87. The van der Waals surface area contributed by atoms with Crippen molar-refractivity contribution in [2.24, 2.45) is 7.05 Å². The summed E-state index contributed by atoms with van der Waals surface area (Å²) in [7, 11) is 1.64.